The van der Waals surface area contributed by atoms with E-state index in [4.69, 9.17) is 19.7 Å². The van der Waals surface area contributed by atoms with E-state index in [0.717, 1.165) is 33.4 Å². The highest BCUT2D eigenvalue weighted by atomic mass is 16.5. The maximum absolute atomic E-state index is 13.0. The number of carbonyl (C=O) groups excluding carboxylic acids is 3. The minimum atomic E-state index is -1.09. The molecule has 9 nitrogen and oxygen atoms in total. The summed E-state index contributed by atoms with van der Waals surface area (Å²) in [5.74, 6) is -3.49. The molecule has 0 saturated heterocycles. The van der Waals surface area contributed by atoms with Gasteiger partial charge in [-0.3, -0.25) is 24.0 Å². The van der Waals surface area contributed by atoms with Gasteiger partial charge in [0.1, 0.15) is 6.10 Å². The molecule has 0 heterocycles. The van der Waals surface area contributed by atoms with Crippen molar-refractivity contribution in [2.75, 3.05) is 0 Å². The number of carbonyl (C=O) groups is 5. The number of ketones is 1. The molecule has 9 heteroatoms. The normalized spacial score (nSPS) is 21.2. The molecule has 0 saturated carbocycles. The van der Waals surface area contributed by atoms with E-state index in [1.807, 2.05) is 95.4 Å². The molecule has 2 unspecified atom stereocenters. The van der Waals surface area contributed by atoms with Gasteiger partial charge in [0.05, 0.1) is 25.7 Å². The van der Waals surface area contributed by atoms with Crippen LogP contribution in [0.1, 0.15) is 114 Å². The van der Waals surface area contributed by atoms with Crippen LogP contribution in [0.3, 0.4) is 0 Å². The third-order valence-electron chi connectivity index (χ3n) is 9.90. The highest BCUT2D eigenvalue weighted by molar-refractivity contribution is 6.01. The van der Waals surface area contributed by atoms with Crippen molar-refractivity contribution in [2.24, 2.45) is 10.8 Å². The number of carboxylic acids is 2. The first-order valence-corrected chi connectivity index (χ1v) is 19.5. The van der Waals surface area contributed by atoms with E-state index in [-0.39, 0.29) is 43.0 Å². The Morgan fingerprint density at radius 1 is 0.614 bits per heavy atom. The van der Waals surface area contributed by atoms with Crippen molar-refractivity contribution in [3.05, 3.63) is 130 Å². The minimum Gasteiger partial charge on any atom is -0.481 e. The maximum Gasteiger partial charge on any atom is 0.307 e. The second-order valence-electron chi connectivity index (χ2n) is 16.3. The number of allylic oxidation sites excluding steroid dienone is 20. The SMILES string of the molecule is CC1=C(/C=C/C(C)=C/C=C/C(C)=C/C=C/C=C(C)/C=C/C=C(C)/C=C/C2=C(C)C(=O)C(OC(=O)CCC(=O)O)CC2(C)C)C(C)(C)CC(OC(=O)CCC(=O)O)C1. The predicted molar refractivity (Wildman–Crippen MR) is 226 cm³/mol. The molecular formula is C48H62O9. The van der Waals surface area contributed by atoms with Crippen LogP contribution >= 0.6 is 0 Å². The molecule has 0 fully saturated rings. The average molecular weight is 783 g/mol. The molecule has 57 heavy (non-hydrogen) atoms. The third-order valence-corrected chi connectivity index (χ3v) is 9.90. The van der Waals surface area contributed by atoms with Gasteiger partial charge in [-0.25, -0.2) is 0 Å². The van der Waals surface area contributed by atoms with E-state index in [1.54, 1.807) is 6.92 Å². The Hall–Kier alpha value is -5.31. The van der Waals surface area contributed by atoms with Crippen molar-refractivity contribution in [1.29, 1.82) is 0 Å². The number of hydrogen-bond donors (Lipinski definition) is 2. The van der Waals surface area contributed by atoms with Gasteiger partial charge in [0.15, 0.2) is 11.9 Å². The molecule has 0 aliphatic heterocycles. The van der Waals surface area contributed by atoms with E-state index in [2.05, 4.69) is 52.0 Å². The van der Waals surface area contributed by atoms with Crippen molar-refractivity contribution < 1.29 is 43.7 Å². The molecule has 308 valence electrons. The van der Waals surface area contributed by atoms with Crippen LogP contribution in [0, 0.1) is 10.8 Å². The third kappa shape index (κ3) is 17.2. The number of rotatable bonds is 18. The van der Waals surface area contributed by atoms with Crippen LogP contribution in [-0.4, -0.2) is 52.1 Å². The van der Waals surface area contributed by atoms with Gasteiger partial charge in [-0.15, -0.1) is 0 Å². The van der Waals surface area contributed by atoms with Crippen molar-refractivity contribution in [3.8, 4) is 0 Å². The lowest BCUT2D eigenvalue weighted by Gasteiger charge is -2.37. The Morgan fingerprint density at radius 2 is 1.04 bits per heavy atom. The van der Waals surface area contributed by atoms with E-state index >= 15 is 0 Å². The number of esters is 2. The van der Waals surface area contributed by atoms with Crippen LogP contribution in [-0.2, 0) is 33.4 Å². The summed E-state index contributed by atoms with van der Waals surface area (Å²) in [7, 11) is 0. The van der Waals surface area contributed by atoms with E-state index in [0.29, 0.717) is 24.8 Å². The Kier molecular flexibility index (Phi) is 18.8. The summed E-state index contributed by atoms with van der Waals surface area (Å²) in [6, 6.07) is 0. The van der Waals surface area contributed by atoms with Gasteiger partial charge in [-0.05, 0) is 75.5 Å². The maximum atomic E-state index is 13.0. The van der Waals surface area contributed by atoms with Crippen LogP contribution < -0.4 is 0 Å². The largest absolute Gasteiger partial charge is 0.481 e. The number of aliphatic carboxylic acids is 2. The molecule has 0 bridgehead atoms. The molecule has 2 aliphatic carbocycles. The van der Waals surface area contributed by atoms with Crippen molar-refractivity contribution in [3.63, 3.8) is 0 Å². The van der Waals surface area contributed by atoms with Gasteiger partial charge in [-0.1, -0.05) is 141 Å². The fourth-order valence-corrected chi connectivity index (χ4v) is 6.88. The van der Waals surface area contributed by atoms with Crippen molar-refractivity contribution in [2.45, 2.75) is 126 Å². The van der Waals surface area contributed by atoms with Gasteiger partial charge < -0.3 is 19.7 Å². The molecule has 2 rings (SSSR count). The number of carboxylic acid groups (broad SMARTS) is 2. The second kappa shape index (κ2) is 22.4. The fourth-order valence-electron chi connectivity index (χ4n) is 6.88. The van der Waals surface area contributed by atoms with Crippen LogP contribution in [0.2, 0.25) is 0 Å². The fraction of sp³-hybridized carbons (Fsp3) is 0.438. The van der Waals surface area contributed by atoms with Crippen molar-refractivity contribution >= 4 is 29.7 Å². The predicted octanol–water partition coefficient (Wildman–Crippen LogP) is 10.6. The topological polar surface area (TPSA) is 144 Å². The summed E-state index contributed by atoms with van der Waals surface area (Å²) in [4.78, 5) is 58.7. The summed E-state index contributed by atoms with van der Waals surface area (Å²) in [6.07, 6.45) is 27.9. The summed E-state index contributed by atoms with van der Waals surface area (Å²) in [5, 5.41) is 17.6. The van der Waals surface area contributed by atoms with E-state index in [9.17, 15) is 24.0 Å². The minimum absolute atomic E-state index is 0.113. The smallest absolute Gasteiger partial charge is 0.307 e. The van der Waals surface area contributed by atoms with Gasteiger partial charge in [-0.2, -0.15) is 0 Å². The summed E-state index contributed by atoms with van der Waals surface area (Å²) < 4.78 is 10.9. The molecule has 0 aromatic heterocycles. The van der Waals surface area contributed by atoms with Crippen molar-refractivity contribution in [1.82, 2.24) is 0 Å². The van der Waals surface area contributed by atoms with Gasteiger partial charge in [0.2, 0.25) is 0 Å². The average Bonchev–Trinajstić information content (AvgIpc) is 3.09. The highest BCUT2D eigenvalue weighted by Crippen LogP contribution is 2.43. The Bertz CT molecular complexity index is 1880. The van der Waals surface area contributed by atoms with Crippen LogP contribution in [0.15, 0.2) is 130 Å². The van der Waals surface area contributed by atoms with E-state index < -0.39 is 35.4 Å². The van der Waals surface area contributed by atoms with Gasteiger partial charge >= 0.3 is 23.9 Å². The molecule has 0 aromatic carbocycles. The molecule has 0 amide bonds. The first-order chi connectivity index (χ1) is 26.6. The van der Waals surface area contributed by atoms with Crippen LogP contribution in [0.25, 0.3) is 0 Å². The van der Waals surface area contributed by atoms with Crippen LogP contribution in [0.5, 0.6) is 0 Å². The number of ether oxygens (including phenoxy) is 2. The Labute approximate surface area is 339 Å². The molecule has 0 aromatic rings. The summed E-state index contributed by atoms with van der Waals surface area (Å²) >= 11 is 0. The molecular weight excluding hydrogens is 721 g/mol. The van der Waals surface area contributed by atoms with E-state index in [1.165, 1.54) is 5.57 Å². The first-order valence-electron chi connectivity index (χ1n) is 19.5. The zero-order valence-corrected chi connectivity index (χ0v) is 35.4. The molecule has 0 radical (unpaired) electrons. The molecule has 2 atom stereocenters. The highest BCUT2D eigenvalue weighted by Gasteiger charge is 2.40. The lowest BCUT2D eigenvalue weighted by molar-refractivity contribution is -0.157. The van der Waals surface area contributed by atoms with Crippen LogP contribution in [0.4, 0.5) is 0 Å². The lowest BCUT2D eigenvalue weighted by Crippen LogP contribution is -2.39. The Morgan fingerprint density at radius 3 is 1.51 bits per heavy atom. The molecule has 2 N–H and O–H groups in total. The monoisotopic (exact) mass is 782 g/mol. The number of Topliss-reactive ketones (excluding diaryl/α,β-unsaturated/α-hetero) is 1. The zero-order valence-electron chi connectivity index (χ0n) is 35.4. The lowest BCUT2D eigenvalue weighted by atomic mass is 9.71. The summed E-state index contributed by atoms with van der Waals surface area (Å²) in [5.41, 5.74) is 7.47. The van der Waals surface area contributed by atoms with Gasteiger partial charge in [0, 0.05) is 12.8 Å². The summed E-state index contributed by atoms with van der Waals surface area (Å²) in [6.45, 7) is 20.2. The second-order valence-corrected chi connectivity index (χ2v) is 16.3. The van der Waals surface area contributed by atoms with Gasteiger partial charge in [0.25, 0.3) is 0 Å². The standard InChI is InChI=1S/C48H62O9/c1-32(17-13-19-34(3)21-23-39-36(5)29-38(30-47(39,7)8)56-44(53)27-25-42(49)50)15-11-12-16-33(2)18-14-20-35(4)22-24-40-37(6)46(55)41(31-48(40,9)10)57-45(54)28-26-43(51)52/h11-24,38,41H,25-31H2,1-10H3,(H,49,50)(H,51,52)/b12-11+,17-13+,18-14+,23-21+,24-22+,32-15+,33-16+,34-19+,35-20+. The quantitative estimate of drug-likeness (QED) is 0.102. The molecule has 2 aliphatic rings. The first kappa shape index (κ1) is 47.8. The molecule has 0 spiro atoms. The number of hydrogen-bond acceptors (Lipinski definition) is 7. The zero-order chi connectivity index (χ0) is 42.9. The Balaban J connectivity index is 1.94.